The number of para-hydroxylation sites is 1. The van der Waals surface area contributed by atoms with Gasteiger partial charge >= 0.3 is 0 Å². The lowest BCUT2D eigenvalue weighted by molar-refractivity contribution is 0.0735. The highest BCUT2D eigenvalue weighted by Gasteiger charge is 2.30. The van der Waals surface area contributed by atoms with Crippen molar-refractivity contribution in [1.29, 1.82) is 0 Å². The Morgan fingerprint density at radius 2 is 1.83 bits per heavy atom. The second-order valence-corrected chi connectivity index (χ2v) is 7.47. The zero-order chi connectivity index (χ0) is 19.8. The molecule has 1 amide bonds. The standard InChI is InChI=1S/C24H22N4O/c1-17-26-21-16-19(9-10-23(21)28(17)20-6-3-2-4-7-20)24(29)27-15-5-8-22(27)18-11-13-25-14-12-18/h2-4,6-7,9-14,16,22H,5,8,15H2,1H3/t22-/m1/s1. The molecule has 0 unspecified atom stereocenters. The molecule has 5 nitrogen and oxygen atoms in total. The molecule has 2 aromatic carbocycles. The second-order valence-electron chi connectivity index (χ2n) is 7.47. The Balaban J connectivity index is 1.50. The van der Waals surface area contributed by atoms with Crippen LogP contribution in [0.3, 0.4) is 0 Å². The number of aryl methyl sites for hydroxylation is 1. The lowest BCUT2D eigenvalue weighted by atomic mass is 10.1. The second kappa shape index (κ2) is 7.17. The number of fused-ring (bicyclic) bond motifs is 1. The number of nitrogens with zero attached hydrogens (tertiary/aromatic N) is 4. The van der Waals surface area contributed by atoms with Crippen LogP contribution in [-0.2, 0) is 0 Å². The van der Waals surface area contributed by atoms with E-state index < -0.39 is 0 Å². The van der Waals surface area contributed by atoms with E-state index in [-0.39, 0.29) is 11.9 Å². The van der Waals surface area contributed by atoms with Crippen LogP contribution in [0.2, 0.25) is 0 Å². The quantitative estimate of drug-likeness (QED) is 0.516. The third-order valence-electron chi connectivity index (χ3n) is 5.69. The van der Waals surface area contributed by atoms with Crippen LogP contribution < -0.4 is 0 Å². The van der Waals surface area contributed by atoms with Crippen LogP contribution in [0.15, 0.2) is 73.1 Å². The first-order valence-corrected chi connectivity index (χ1v) is 9.98. The van der Waals surface area contributed by atoms with Crippen molar-refractivity contribution in [1.82, 2.24) is 19.4 Å². The van der Waals surface area contributed by atoms with E-state index in [1.165, 1.54) is 0 Å². The van der Waals surface area contributed by atoms with E-state index in [9.17, 15) is 4.79 Å². The summed E-state index contributed by atoms with van der Waals surface area (Å²) >= 11 is 0. The van der Waals surface area contributed by atoms with E-state index in [1.807, 2.05) is 60.4 Å². The van der Waals surface area contributed by atoms with E-state index in [0.29, 0.717) is 5.56 Å². The third-order valence-corrected chi connectivity index (χ3v) is 5.69. The molecular formula is C24H22N4O. The summed E-state index contributed by atoms with van der Waals surface area (Å²) in [5.74, 6) is 0.977. The normalized spacial score (nSPS) is 16.4. The van der Waals surface area contributed by atoms with Gasteiger partial charge in [0.15, 0.2) is 0 Å². The van der Waals surface area contributed by atoms with Crippen LogP contribution >= 0.6 is 0 Å². The Hall–Kier alpha value is -3.47. The fourth-order valence-electron chi connectivity index (χ4n) is 4.34. The first-order valence-electron chi connectivity index (χ1n) is 9.98. The number of carbonyl (C=O) groups excluding carboxylic acids is 1. The summed E-state index contributed by atoms with van der Waals surface area (Å²) in [5.41, 5.74) is 4.77. The van der Waals surface area contributed by atoms with Crippen LogP contribution in [0.1, 0.15) is 40.6 Å². The van der Waals surface area contributed by atoms with E-state index in [4.69, 9.17) is 4.98 Å². The lowest BCUT2D eigenvalue weighted by Gasteiger charge is -2.25. The molecule has 0 radical (unpaired) electrons. The number of hydrogen-bond acceptors (Lipinski definition) is 3. The monoisotopic (exact) mass is 382 g/mol. The number of rotatable bonds is 3. The Morgan fingerprint density at radius 3 is 2.62 bits per heavy atom. The molecule has 0 bridgehead atoms. The van der Waals surface area contributed by atoms with Crippen LogP contribution in [0.5, 0.6) is 0 Å². The Bertz CT molecular complexity index is 1170. The van der Waals surface area contributed by atoms with Gasteiger partial charge in [0.25, 0.3) is 5.91 Å². The summed E-state index contributed by atoms with van der Waals surface area (Å²) in [6.07, 6.45) is 5.59. The zero-order valence-electron chi connectivity index (χ0n) is 16.3. The molecule has 3 heterocycles. The Morgan fingerprint density at radius 1 is 1.03 bits per heavy atom. The van der Waals surface area contributed by atoms with Gasteiger partial charge in [0.2, 0.25) is 0 Å². The molecule has 0 aliphatic carbocycles. The van der Waals surface area contributed by atoms with E-state index in [1.54, 1.807) is 12.4 Å². The molecule has 0 saturated carbocycles. The first-order chi connectivity index (χ1) is 14.2. The highest BCUT2D eigenvalue weighted by Crippen LogP contribution is 2.33. The minimum atomic E-state index is 0.0677. The van der Waals surface area contributed by atoms with Gasteiger partial charge in [0.05, 0.1) is 17.1 Å². The predicted molar refractivity (Wildman–Crippen MR) is 113 cm³/mol. The predicted octanol–water partition coefficient (Wildman–Crippen LogP) is 4.71. The minimum Gasteiger partial charge on any atom is -0.332 e. The van der Waals surface area contributed by atoms with Crippen molar-refractivity contribution in [2.45, 2.75) is 25.8 Å². The van der Waals surface area contributed by atoms with Crippen LogP contribution in [0.4, 0.5) is 0 Å². The maximum Gasteiger partial charge on any atom is 0.254 e. The molecule has 29 heavy (non-hydrogen) atoms. The van der Waals surface area contributed by atoms with Crippen molar-refractivity contribution in [2.24, 2.45) is 0 Å². The molecular weight excluding hydrogens is 360 g/mol. The van der Waals surface area contributed by atoms with Gasteiger partial charge in [-0.15, -0.1) is 0 Å². The molecule has 0 N–H and O–H groups in total. The van der Waals surface area contributed by atoms with Gasteiger partial charge in [0, 0.05) is 30.2 Å². The lowest BCUT2D eigenvalue weighted by Crippen LogP contribution is -2.30. The fraction of sp³-hybridized carbons (Fsp3) is 0.208. The van der Waals surface area contributed by atoms with Gasteiger partial charge in [-0.1, -0.05) is 18.2 Å². The molecule has 1 aliphatic rings. The highest BCUT2D eigenvalue weighted by molar-refractivity contribution is 5.98. The van der Waals surface area contributed by atoms with E-state index in [2.05, 4.69) is 21.7 Å². The van der Waals surface area contributed by atoms with Crippen molar-refractivity contribution in [3.05, 3.63) is 90.0 Å². The Labute approximate surface area is 169 Å². The van der Waals surface area contributed by atoms with Gasteiger partial charge in [-0.05, 0) is 67.8 Å². The Kier molecular flexibility index (Phi) is 4.35. The number of amides is 1. The SMILES string of the molecule is Cc1nc2cc(C(=O)N3CCC[C@@H]3c3ccncc3)ccc2n1-c1ccccc1. The van der Waals surface area contributed by atoms with Crippen molar-refractivity contribution in [2.75, 3.05) is 6.54 Å². The molecule has 1 saturated heterocycles. The topological polar surface area (TPSA) is 51.0 Å². The molecule has 1 atom stereocenters. The van der Waals surface area contributed by atoms with Crippen molar-refractivity contribution >= 4 is 16.9 Å². The maximum atomic E-state index is 13.3. The summed E-state index contributed by atoms with van der Waals surface area (Å²) in [5, 5.41) is 0. The number of hydrogen-bond donors (Lipinski definition) is 0. The minimum absolute atomic E-state index is 0.0677. The van der Waals surface area contributed by atoms with Gasteiger partial charge in [0.1, 0.15) is 5.82 Å². The average molecular weight is 382 g/mol. The molecule has 1 fully saturated rings. The number of pyridine rings is 1. The molecule has 5 heteroatoms. The van der Waals surface area contributed by atoms with Crippen molar-refractivity contribution < 1.29 is 4.79 Å². The van der Waals surface area contributed by atoms with Gasteiger partial charge < -0.3 is 4.90 Å². The van der Waals surface area contributed by atoms with E-state index >= 15 is 0 Å². The van der Waals surface area contributed by atoms with Crippen molar-refractivity contribution in [3.8, 4) is 5.69 Å². The number of likely N-dealkylation sites (tertiary alicyclic amines) is 1. The molecule has 4 aromatic rings. The molecule has 2 aromatic heterocycles. The van der Waals surface area contributed by atoms with Crippen molar-refractivity contribution in [3.63, 3.8) is 0 Å². The summed E-state index contributed by atoms with van der Waals surface area (Å²) < 4.78 is 2.12. The summed E-state index contributed by atoms with van der Waals surface area (Å²) in [7, 11) is 0. The molecule has 144 valence electrons. The largest absolute Gasteiger partial charge is 0.332 e. The van der Waals surface area contributed by atoms with Gasteiger partial charge in [-0.2, -0.15) is 0 Å². The van der Waals surface area contributed by atoms with Crippen LogP contribution in [0.25, 0.3) is 16.7 Å². The molecule has 5 rings (SSSR count). The molecule has 1 aliphatic heterocycles. The number of aromatic nitrogens is 3. The zero-order valence-corrected chi connectivity index (χ0v) is 16.3. The highest BCUT2D eigenvalue weighted by atomic mass is 16.2. The summed E-state index contributed by atoms with van der Waals surface area (Å²) in [6, 6.07) is 20.2. The third kappa shape index (κ3) is 3.09. The fourth-order valence-corrected chi connectivity index (χ4v) is 4.34. The van der Waals surface area contributed by atoms with Crippen LogP contribution in [-0.4, -0.2) is 31.9 Å². The van der Waals surface area contributed by atoms with Gasteiger partial charge in [-0.3, -0.25) is 14.3 Å². The average Bonchev–Trinajstić information content (AvgIpc) is 3.38. The van der Waals surface area contributed by atoms with Crippen LogP contribution in [0, 0.1) is 6.92 Å². The number of benzene rings is 2. The summed E-state index contributed by atoms with van der Waals surface area (Å²) in [6.45, 7) is 2.77. The number of carbonyl (C=O) groups is 1. The summed E-state index contributed by atoms with van der Waals surface area (Å²) in [4.78, 5) is 24.1. The number of imidazole rings is 1. The maximum absolute atomic E-state index is 13.3. The van der Waals surface area contributed by atoms with Gasteiger partial charge in [-0.25, -0.2) is 4.98 Å². The first kappa shape index (κ1) is 17.6. The van der Waals surface area contributed by atoms with E-state index in [0.717, 1.165) is 47.5 Å². The molecule has 0 spiro atoms. The smallest absolute Gasteiger partial charge is 0.254 e.